The maximum absolute atomic E-state index is 11.5. The van der Waals surface area contributed by atoms with Crippen LogP contribution < -0.4 is 10.6 Å². The van der Waals surface area contributed by atoms with E-state index in [2.05, 4.69) is 20.5 Å². The van der Waals surface area contributed by atoms with Gasteiger partial charge in [0.1, 0.15) is 0 Å². The summed E-state index contributed by atoms with van der Waals surface area (Å²) in [5.41, 5.74) is 0.000318. The van der Waals surface area contributed by atoms with Gasteiger partial charge in [0, 0.05) is 25.8 Å². The van der Waals surface area contributed by atoms with Crippen molar-refractivity contribution < 1.29 is 14.7 Å². The molecule has 0 fully saturated rings. The average molecular weight is 297 g/mol. The molecule has 8 nitrogen and oxygen atoms in total. The molecule has 3 N–H and O–H groups in total. The van der Waals surface area contributed by atoms with Crippen LogP contribution in [0.2, 0.25) is 0 Å². The summed E-state index contributed by atoms with van der Waals surface area (Å²) in [5.74, 6) is -1.06. The monoisotopic (exact) mass is 297 g/mol. The molecule has 2 amide bonds. The van der Waals surface area contributed by atoms with Crippen LogP contribution in [-0.2, 0) is 6.54 Å². The van der Waals surface area contributed by atoms with Crippen LogP contribution in [-0.4, -0.2) is 65.3 Å². The summed E-state index contributed by atoms with van der Waals surface area (Å²) in [6.45, 7) is 2.55. The largest absolute Gasteiger partial charge is 0.476 e. The zero-order valence-electron chi connectivity index (χ0n) is 12.5. The Hall–Kier alpha value is -2.09. The predicted octanol–water partition coefficient (Wildman–Crippen LogP) is 0.222. The Morgan fingerprint density at radius 3 is 2.62 bits per heavy atom. The summed E-state index contributed by atoms with van der Waals surface area (Å²) < 4.78 is 1.63. The number of carbonyl (C=O) groups excluding carboxylic acids is 1. The molecule has 0 aromatic carbocycles. The molecule has 0 aliphatic carbocycles. The van der Waals surface area contributed by atoms with Gasteiger partial charge in [-0.25, -0.2) is 14.6 Å². The van der Waals surface area contributed by atoms with E-state index in [-0.39, 0.29) is 11.7 Å². The van der Waals surface area contributed by atoms with Crippen molar-refractivity contribution in [1.29, 1.82) is 0 Å². The van der Waals surface area contributed by atoms with E-state index in [1.165, 1.54) is 12.5 Å². The molecule has 1 heterocycles. The molecule has 0 saturated carbocycles. The highest BCUT2D eigenvalue weighted by Gasteiger charge is 2.06. The lowest BCUT2D eigenvalue weighted by molar-refractivity contribution is 0.0691. The number of imidazole rings is 1. The lowest BCUT2D eigenvalue weighted by atomic mass is 10.3. The summed E-state index contributed by atoms with van der Waals surface area (Å²) in [7, 11) is 4.04. The van der Waals surface area contributed by atoms with Gasteiger partial charge in [-0.05, 0) is 33.5 Å². The van der Waals surface area contributed by atoms with E-state index in [0.717, 1.165) is 19.4 Å². The Balaban J connectivity index is 2.08. The van der Waals surface area contributed by atoms with Crippen molar-refractivity contribution in [3.63, 3.8) is 0 Å². The van der Waals surface area contributed by atoms with Crippen LogP contribution in [0.5, 0.6) is 0 Å². The van der Waals surface area contributed by atoms with Crippen LogP contribution in [0, 0.1) is 0 Å². The van der Waals surface area contributed by atoms with Gasteiger partial charge >= 0.3 is 12.0 Å². The number of carboxylic acids is 1. The van der Waals surface area contributed by atoms with Gasteiger partial charge in [-0.1, -0.05) is 0 Å². The second kappa shape index (κ2) is 8.96. The maximum atomic E-state index is 11.5. The minimum atomic E-state index is -1.06. The first-order valence-corrected chi connectivity index (χ1v) is 6.90. The van der Waals surface area contributed by atoms with Crippen molar-refractivity contribution in [3.05, 3.63) is 18.2 Å². The molecule has 1 rings (SSSR count). The minimum absolute atomic E-state index is 0.000318. The van der Waals surface area contributed by atoms with Crippen molar-refractivity contribution in [2.75, 3.05) is 33.7 Å². The summed E-state index contributed by atoms with van der Waals surface area (Å²) in [6.07, 6.45) is 4.85. The normalized spacial score (nSPS) is 10.6. The Kier molecular flexibility index (Phi) is 7.24. The minimum Gasteiger partial charge on any atom is -0.476 e. The third-order valence-corrected chi connectivity index (χ3v) is 2.83. The van der Waals surface area contributed by atoms with Crippen LogP contribution >= 0.6 is 0 Å². The van der Waals surface area contributed by atoms with Crippen LogP contribution in [0.1, 0.15) is 23.3 Å². The van der Waals surface area contributed by atoms with E-state index >= 15 is 0 Å². The molecule has 0 atom stereocenters. The van der Waals surface area contributed by atoms with Crippen molar-refractivity contribution in [3.8, 4) is 0 Å². The van der Waals surface area contributed by atoms with Gasteiger partial charge in [0.05, 0.1) is 6.33 Å². The second-order valence-corrected chi connectivity index (χ2v) is 4.99. The van der Waals surface area contributed by atoms with E-state index in [9.17, 15) is 9.59 Å². The number of nitrogens with one attached hydrogen (secondary N) is 2. The van der Waals surface area contributed by atoms with Gasteiger partial charge in [0.15, 0.2) is 5.69 Å². The first kappa shape index (κ1) is 17.0. The molecule has 118 valence electrons. The average Bonchev–Trinajstić information content (AvgIpc) is 2.87. The second-order valence-electron chi connectivity index (χ2n) is 4.99. The third-order valence-electron chi connectivity index (χ3n) is 2.83. The fourth-order valence-corrected chi connectivity index (χ4v) is 1.71. The highest BCUT2D eigenvalue weighted by molar-refractivity contribution is 5.84. The molecule has 0 unspecified atom stereocenters. The molecule has 0 spiro atoms. The quantitative estimate of drug-likeness (QED) is 0.566. The Morgan fingerprint density at radius 1 is 1.29 bits per heavy atom. The Bertz CT molecular complexity index is 458. The molecule has 0 aliphatic heterocycles. The van der Waals surface area contributed by atoms with Gasteiger partial charge in [-0.15, -0.1) is 0 Å². The van der Waals surface area contributed by atoms with Crippen LogP contribution in [0.3, 0.4) is 0 Å². The van der Waals surface area contributed by atoms with E-state index in [1.807, 2.05) is 14.1 Å². The molecule has 1 aromatic rings. The maximum Gasteiger partial charge on any atom is 0.356 e. The number of unbranched alkanes of at least 4 members (excludes halogenated alkanes) is 1. The van der Waals surface area contributed by atoms with Gasteiger partial charge < -0.3 is 25.2 Å². The zero-order valence-corrected chi connectivity index (χ0v) is 12.5. The number of aromatic nitrogens is 2. The molecule has 0 saturated heterocycles. The van der Waals surface area contributed by atoms with E-state index in [1.54, 1.807) is 4.57 Å². The van der Waals surface area contributed by atoms with Gasteiger partial charge in [-0.3, -0.25) is 0 Å². The number of nitrogens with zero attached hydrogens (tertiary/aromatic N) is 3. The number of carbonyl (C=O) groups is 2. The summed E-state index contributed by atoms with van der Waals surface area (Å²) in [6, 6.07) is -0.210. The standard InChI is InChI=1S/C13H23N5O3/c1-17(2)7-4-3-5-14-13(21)15-6-8-18-9-11(12(19)20)16-10-18/h9-10H,3-8H2,1-2H3,(H,19,20)(H2,14,15,21). The highest BCUT2D eigenvalue weighted by Crippen LogP contribution is 1.95. The summed E-state index contributed by atoms with van der Waals surface area (Å²) in [4.78, 5) is 28.0. The fourth-order valence-electron chi connectivity index (χ4n) is 1.71. The predicted molar refractivity (Wildman–Crippen MR) is 78.4 cm³/mol. The van der Waals surface area contributed by atoms with Gasteiger partial charge in [0.2, 0.25) is 0 Å². The zero-order chi connectivity index (χ0) is 15.7. The number of rotatable bonds is 9. The number of hydrogen-bond donors (Lipinski definition) is 3. The SMILES string of the molecule is CN(C)CCCCNC(=O)NCCn1cnc(C(=O)O)c1. The molecule has 0 aliphatic rings. The highest BCUT2D eigenvalue weighted by atomic mass is 16.4. The molecule has 0 radical (unpaired) electrons. The van der Waals surface area contributed by atoms with Crippen LogP contribution in [0.4, 0.5) is 4.79 Å². The molecule has 1 aromatic heterocycles. The Morgan fingerprint density at radius 2 is 2.00 bits per heavy atom. The first-order valence-electron chi connectivity index (χ1n) is 6.90. The van der Waals surface area contributed by atoms with Crippen molar-refractivity contribution in [1.82, 2.24) is 25.1 Å². The Labute approximate surface area is 124 Å². The smallest absolute Gasteiger partial charge is 0.356 e. The number of amides is 2. The van der Waals surface area contributed by atoms with Gasteiger partial charge in [-0.2, -0.15) is 0 Å². The van der Waals surface area contributed by atoms with E-state index in [4.69, 9.17) is 5.11 Å². The lowest BCUT2D eigenvalue weighted by Crippen LogP contribution is -2.37. The van der Waals surface area contributed by atoms with Crippen molar-refractivity contribution in [2.45, 2.75) is 19.4 Å². The topological polar surface area (TPSA) is 99.5 Å². The molecule has 0 bridgehead atoms. The molecule has 21 heavy (non-hydrogen) atoms. The number of urea groups is 1. The summed E-state index contributed by atoms with van der Waals surface area (Å²) >= 11 is 0. The number of hydrogen-bond acceptors (Lipinski definition) is 4. The molecular formula is C13H23N5O3. The lowest BCUT2D eigenvalue weighted by Gasteiger charge is -2.10. The fraction of sp³-hybridized carbons (Fsp3) is 0.615. The number of carboxylic acid groups (broad SMARTS) is 1. The molecule has 8 heteroatoms. The summed E-state index contributed by atoms with van der Waals surface area (Å²) in [5, 5.41) is 14.2. The molecular weight excluding hydrogens is 274 g/mol. The van der Waals surface area contributed by atoms with Crippen LogP contribution in [0.25, 0.3) is 0 Å². The number of aromatic carboxylic acids is 1. The van der Waals surface area contributed by atoms with Gasteiger partial charge in [0.25, 0.3) is 0 Å². The van der Waals surface area contributed by atoms with Crippen LogP contribution in [0.15, 0.2) is 12.5 Å². The third kappa shape index (κ3) is 7.31. The van der Waals surface area contributed by atoms with Crippen molar-refractivity contribution >= 4 is 12.0 Å². The van der Waals surface area contributed by atoms with Crippen molar-refractivity contribution in [2.24, 2.45) is 0 Å². The van der Waals surface area contributed by atoms with E-state index in [0.29, 0.717) is 19.6 Å². The van der Waals surface area contributed by atoms with E-state index < -0.39 is 5.97 Å². The first-order chi connectivity index (χ1) is 9.99.